The Morgan fingerprint density at radius 3 is 2.66 bits per heavy atom. The third-order valence-corrected chi connectivity index (χ3v) is 5.53. The van der Waals surface area contributed by atoms with Gasteiger partial charge in [0.1, 0.15) is 12.4 Å². The van der Waals surface area contributed by atoms with E-state index in [0.29, 0.717) is 37.6 Å². The molecule has 3 N–H and O–H groups in total. The topological polar surface area (TPSA) is 95.4 Å². The van der Waals surface area contributed by atoms with E-state index in [0.717, 1.165) is 24.1 Å². The molecule has 0 unspecified atom stereocenters. The van der Waals surface area contributed by atoms with Gasteiger partial charge >= 0.3 is 0 Å². The van der Waals surface area contributed by atoms with E-state index in [-0.39, 0.29) is 19.1 Å². The average molecular weight is 481 g/mol. The van der Waals surface area contributed by atoms with Crippen molar-refractivity contribution in [2.24, 2.45) is 4.99 Å². The molecule has 35 heavy (non-hydrogen) atoms. The second-order valence-corrected chi connectivity index (χ2v) is 8.74. The van der Waals surface area contributed by atoms with Gasteiger partial charge in [-0.15, -0.1) is 0 Å². The van der Waals surface area contributed by atoms with Gasteiger partial charge in [0.2, 0.25) is 5.90 Å². The number of aliphatic hydroxyl groups is 1. The molecule has 0 radical (unpaired) electrons. The summed E-state index contributed by atoms with van der Waals surface area (Å²) in [5.74, 6) is 0.916. The van der Waals surface area contributed by atoms with Crippen molar-refractivity contribution in [2.45, 2.75) is 24.8 Å². The van der Waals surface area contributed by atoms with Crippen molar-refractivity contribution in [3.05, 3.63) is 71.8 Å². The molecule has 1 aliphatic rings. The molecule has 0 saturated carbocycles. The van der Waals surface area contributed by atoms with E-state index in [1.165, 1.54) is 0 Å². The lowest BCUT2D eigenvalue weighted by Gasteiger charge is -2.22. The van der Waals surface area contributed by atoms with Crippen molar-refractivity contribution in [1.82, 2.24) is 15.8 Å². The number of nitrogens with one attached hydrogen (secondary N) is 2. The van der Waals surface area contributed by atoms with E-state index in [1.54, 1.807) is 0 Å². The van der Waals surface area contributed by atoms with Gasteiger partial charge in [0.15, 0.2) is 5.54 Å². The SMILES string of the molecule is CN(C)CCCNNC(=O)[C@]1(C/C=C/c2ccccc2)COC(c2ccc(OCCCO)cc2)=N1. The van der Waals surface area contributed by atoms with Crippen LogP contribution in [0.5, 0.6) is 5.75 Å². The summed E-state index contributed by atoms with van der Waals surface area (Å²) in [6, 6.07) is 17.3. The molecule has 188 valence electrons. The van der Waals surface area contributed by atoms with Gasteiger partial charge in [-0.05, 0) is 56.9 Å². The highest BCUT2D eigenvalue weighted by Crippen LogP contribution is 2.27. The van der Waals surface area contributed by atoms with Crippen LogP contribution >= 0.6 is 0 Å². The fourth-order valence-corrected chi connectivity index (χ4v) is 3.55. The summed E-state index contributed by atoms with van der Waals surface area (Å²) in [6.45, 7) is 2.29. The fourth-order valence-electron chi connectivity index (χ4n) is 3.55. The molecule has 0 aromatic heterocycles. The largest absolute Gasteiger partial charge is 0.494 e. The van der Waals surface area contributed by atoms with Gasteiger partial charge in [-0.25, -0.2) is 10.4 Å². The number of rotatable bonds is 14. The van der Waals surface area contributed by atoms with Crippen LogP contribution < -0.4 is 15.6 Å². The Bertz CT molecular complexity index is 976. The van der Waals surface area contributed by atoms with Crippen molar-refractivity contribution >= 4 is 17.9 Å². The average Bonchev–Trinajstić information content (AvgIpc) is 3.30. The smallest absolute Gasteiger partial charge is 0.266 e. The van der Waals surface area contributed by atoms with Gasteiger partial charge in [-0.2, -0.15) is 0 Å². The quantitative estimate of drug-likeness (QED) is 0.284. The van der Waals surface area contributed by atoms with Crippen molar-refractivity contribution < 1.29 is 19.4 Å². The minimum Gasteiger partial charge on any atom is -0.494 e. The zero-order chi connectivity index (χ0) is 24.9. The molecule has 0 spiro atoms. The number of nitrogens with zero attached hydrogens (tertiary/aromatic N) is 2. The fraction of sp³-hybridized carbons (Fsp3) is 0.407. The first-order valence-corrected chi connectivity index (χ1v) is 12.0. The molecular formula is C27H36N4O4. The number of amides is 1. The van der Waals surface area contributed by atoms with E-state index in [4.69, 9.17) is 19.6 Å². The van der Waals surface area contributed by atoms with Crippen LogP contribution in [-0.2, 0) is 9.53 Å². The molecule has 1 heterocycles. The molecule has 3 rings (SSSR count). The molecule has 1 atom stereocenters. The third-order valence-electron chi connectivity index (χ3n) is 5.53. The number of carbonyl (C=O) groups excluding carboxylic acids is 1. The first kappa shape index (κ1) is 26.4. The summed E-state index contributed by atoms with van der Waals surface area (Å²) >= 11 is 0. The van der Waals surface area contributed by atoms with Gasteiger partial charge < -0.3 is 19.5 Å². The Morgan fingerprint density at radius 1 is 1.17 bits per heavy atom. The van der Waals surface area contributed by atoms with Crippen LogP contribution in [0.25, 0.3) is 6.08 Å². The highest BCUT2D eigenvalue weighted by Gasteiger charge is 2.43. The van der Waals surface area contributed by atoms with Gasteiger partial charge in [-0.3, -0.25) is 10.2 Å². The third kappa shape index (κ3) is 8.20. The molecule has 2 aromatic rings. The summed E-state index contributed by atoms with van der Waals surface area (Å²) in [5.41, 5.74) is 6.63. The molecular weight excluding hydrogens is 444 g/mol. The van der Waals surface area contributed by atoms with E-state index in [9.17, 15) is 4.79 Å². The highest BCUT2D eigenvalue weighted by atomic mass is 16.5. The minimum absolute atomic E-state index is 0.0934. The lowest BCUT2D eigenvalue weighted by Crippen LogP contribution is -2.51. The Hall–Kier alpha value is -3.20. The molecule has 0 aliphatic carbocycles. The molecule has 8 nitrogen and oxygen atoms in total. The number of hydrogen-bond donors (Lipinski definition) is 3. The molecule has 0 saturated heterocycles. The number of ether oxygens (including phenoxy) is 2. The Labute approximate surface area is 207 Å². The predicted octanol–water partition coefficient (Wildman–Crippen LogP) is 2.64. The van der Waals surface area contributed by atoms with Crippen LogP contribution in [0.4, 0.5) is 0 Å². The lowest BCUT2D eigenvalue weighted by molar-refractivity contribution is -0.127. The van der Waals surface area contributed by atoms with Crippen LogP contribution in [0.15, 0.2) is 65.7 Å². The standard InChI is InChI=1S/C27H36N4O4/c1-31(2)18-7-17-28-30-26(33)27(16-6-11-22-9-4-3-5-10-22)21-35-25(29-27)23-12-14-24(15-13-23)34-20-8-19-32/h3-6,9-15,28,32H,7-8,16-21H2,1-2H3,(H,30,33)/b11-6+/t27-/m0/s1. The Kier molecular flexibility index (Phi) is 10.3. The normalized spacial score (nSPS) is 17.4. The van der Waals surface area contributed by atoms with Crippen LogP contribution in [0.2, 0.25) is 0 Å². The van der Waals surface area contributed by atoms with E-state index < -0.39 is 5.54 Å². The van der Waals surface area contributed by atoms with Crippen LogP contribution in [0.3, 0.4) is 0 Å². The van der Waals surface area contributed by atoms with Crippen LogP contribution in [-0.4, -0.2) is 74.4 Å². The van der Waals surface area contributed by atoms with E-state index >= 15 is 0 Å². The zero-order valence-corrected chi connectivity index (χ0v) is 20.6. The maximum atomic E-state index is 13.2. The van der Waals surface area contributed by atoms with Gasteiger partial charge in [0.25, 0.3) is 5.91 Å². The zero-order valence-electron chi connectivity index (χ0n) is 20.6. The summed E-state index contributed by atoms with van der Waals surface area (Å²) in [7, 11) is 4.04. The summed E-state index contributed by atoms with van der Waals surface area (Å²) in [4.78, 5) is 20.1. The van der Waals surface area contributed by atoms with Crippen molar-refractivity contribution in [3.63, 3.8) is 0 Å². The highest BCUT2D eigenvalue weighted by molar-refractivity contribution is 6.00. The van der Waals surface area contributed by atoms with Crippen molar-refractivity contribution in [3.8, 4) is 5.75 Å². The maximum Gasteiger partial charge on any atom is 0.266 e. The minimum atomic E-state index is -1.06. The number of hydrogen-bond acceptors (Lipinski definition) is 7. The van der Waals surface area contributed by atoms with Crippen LogP contribution in [0, 0.1) is 0 Å². The van der Waals surface area contributed by atoms with Gasteiger partial charge in [0.05, 0.1) is 6.61 Å². The first-order chi connectivity index (χ1) is 17.0. The molecule has 0 bridgehead atoms. The Balaban J connectivity index is 1.71. The summed E-state index contributed by atoms with van der Waals surface area (Å²) < 4.78 is 11.5. The molecule has 1 aliphatic heterocycles. The summed E-state index contributed by atoms with van der Waals surface area (Å²) in [6.07, 6.45) is 5.85. The number of aliphatic hydroxyl groups excluding tert-OH is 1. The van der Waals surface area contributed by atoms with Crippen molar-refractivity contribution in [1.29, 1.82) is 0 Å². The number of aliphatic imine (C=N–C) groups is 1. The molecule has 0 fully saturated rings. The lowest BCUT2D eigenvalue weighted by atomic mass is 9.95. The van der Waals surface area contributed by atoms with Crippen LogP contribution in [0.1, 0.15) is 30.4 Å². The predicted molar refractivity (Wildman–Crippen MR) is 138 cm³/mol. The Morgan fingerprint density at radius 2 is 1.94 bits per heavy atom. The molecule has 1 amide bonds. The number of benzene rings is 2. The molecule has 2 aromatic carbocycles. The van der Waals surface area contributed by atoms with Crippen molar-refractivity contribution in [2.75, 3.05) is 47.0 Å². The first-order valence-electron chi connectivity index (χ1n) is 12.0. The van der Waals surface area contributed by atoms with E-state index in [1.807, 2.05) is 80.8 Å². The maximum absolute atomic E-state index is 13.2. The second kappa shape index (κ2) is 13.6. The van der Waals surface area contributed by atoms with Gasteiger partial charge in [0, 0.05) is 31.6 Å². The molecule has 8 heteroatoms. The number of hydrazine groups is 1. The summed E-state index contributed by atoms with van der Waals surface area (Å²) in [5, 5.41) is 8.90. The number of carbonyl (C=O) groups is 1. The second-order valence-electron chi connectivity index (χ2n) is 8.74. The van der Waals surface area contributed by atoms with Gasteiger partial charge in [-0.1, -0.05) is 42.5 Å². The van der Waals surface area contributed by atoms with E-state index in [2.05, 4.69) is 15.8 Å². The monoisotopic (exact) mass is 480 g/mol.